The van der Waals surface area contributed by atoms with Crippen molar-refractivity contribution in [1.82, 2.24) is 4.90 Å². The minimum Gasteiger partial charge on any atom is -0.496 e. The molecule has 5 nitrogen and oxygen atoms in total. The van der Waals surface area contributed by atoms with E-state index in [0.717, 1.165) is 18.9 Å². The fourth-order valence-electron chi connectivity index (χ4n) is 3.32. The fraction of sp³-hybridized carbons (Fsp3) is 0.500. The number of nitrogens with zero attached hydrogens (tertiary/aromatic N) is 1. The Hall–Kier alpha value is -2.18. The monoisotopic (exact) mass is 325 g/mol. The summed E-state index contributed by atoms with van der Waals surface area (Å²) in [5.74, 6) is -4.63. The average molecular weight is 325 g/mol. The molecule has 2 fully saturated rings. The summed E-state index contributed by atoms with van der Waals surface area (Å²) in [5, 5.41) is 9.33. The molecular weight excluding hydrogens is 308 g/mol. The van der Waals surface area contributed by atoms with Crippen molar-refractivity contribution in [2.75, 3.05) is 20.2 Å². The Morgan fingerprint density at radius 2 is 1.96 bits per heavy atom. The number of methoxy groups -OCH3 is 1. The van der Waals surface area contributed by atoms with Crippen molar-refractivity contribution in [3.8, 4) is 5.75 Å². The molecule has 2 aliphatic rings. The van der Waals surface area contributed by atoms with Gasteiger partial charge >= 0.3 is 5.97 Å². The van der Waals surface area contributed by atoms with Gasteiger partial charge in [0.15, 0.2) is 11.6 Å². The van der Waals surface area contributed by atoms with E-state index in [1.165, 1.54) is 18.1 Å². The number of halogens is 2. The van der Waals surface area contributed by atoms with Crippen LogP contribution in [0.5, 0.6) is 5.75 Å². The van der Waals surface area contributed by atoms with E-state index in [0.29, 0.717) is 5.92 Å². The molecule has 0 spiro atoms. The SMILES string of the molecule is COc1ccc(F)c(F)c1C(=O)N1C[C@H](C(=O)O)[C@@H](C2CC2)C1. The number of hydrogen-bond acceptors (Lipinski definition) is 3. The lowest BCUT2D eigenvalue weighted by Crippen LogP contribution is -2.31. The molecule has 1 aliphatic heterocycles. The molecule has 124 valence electrons. The largest absolute Gasteiger partial charge is 0.496 e. The topological polar surface area (TPSA) is 66.8 Å². The van der Waals surface area contributed by atoms with Crippen molar-refractivity contribution in [3.63, 3.8) is 0 Å². The van der Waals surface area contributed by atoms with Crippen LogP contribution in [0.25, 0.3) is 0 Å². The van der Waals surface area contributed by atoms with Gasteiger partial charge in [0, 0.05) is 13.1 Å². The van der Waals surface area contributed by atoms with Crippen molar-refractivity contribution in [3.05, 3.63) is 29.3 Å². The highest BCUT2D eigenvalue weighted by atomic mass is 19.2. The highest BCUT2D eigenvalue weighted by Crippen LogP contribution is 2.44. The van der Waals surface area contributed by atoms with Crippen LogP contribution in [0.1, 0.15) is 23.2 Å². The van der Waals surface area contributed by atoms with Gasteiger partial charge in [0.25, 0.3) is 5.91 Å². The first kappa shape index (κ1) is 15.7. The summed E-state index contributed by atoms with van der Waals surface area (Å²) in [6.45, 7) is 0.258. The van der Waals surface area contributed by atoms with Gasteiger partial charge < -0.3 is 14.7 Å². The lowest BCUT2D eigenvalue weighted by atomic mass is 9.92. The number of carbonyl (C=O) groups is 2. The zero-order chi connectivity index (χ0) is 16.7. The first-order chi connectivity index (χ1) is 10.9. The molecule has 1 saturated heterocycles. The van der Waals surface area contributed by atoms with Gasteiger partial charge in [-0.05, 0) is 36.8 Å². The second-order valence-electron chi connectivity index (χ2n) is 6.09. The predicted octanol–water partition coefficient (Wildman–Crippen LogP) is 2.16. The number of carbonyl (C=O) groups excluding carboxylic acids is 1. The van der Waals surface area contributed by atoms with Gasteiger partial charge in [0.1, 0.15) is 11.3 Å². The Kier molecular flexibility index (Phi) is 3.95. The summed E-state index contributed by atoms with van der Waals surface area (Å²) in [6, 6.07) is 2.08. The third kappa shape index (κ3) is 2.75. The van der Waals surface area contributed by atoms with Crippen molar-refractivity contribution < 1.29 is 28.2 Å². The van der Waals surface area contributed by atoms with Crippen molar-refractivity contribution >= 4 is 11.9 Å². The number of carboxylic acid groups (broad SMARTS) is 1. The molecule has 1 amide bonds. The fourth-order valence-corrected chi connectivity index (χ4v) is 3.32. The van der Waals surface area contributed by atoms with Crippen LogP contribution in [0.2, 0.25) is 0 Å². The quantitative estimate of drug-likeness (QED) is 0.921. The van der Waals surface area contributed by atoms with Crippen LogP contribution in [-0.4, -0.2) is 42.1 Å². The molecule has 1 heterocycles. The average Bonchev–Trinajstić information content (AvgIpc) is 3.27. The lowest BCUT2D eigenvalue weighted by Gasteiger charge is -2.18. The van der Waals surface area contributed by atoms with Crippen LogP contribution in [0.3, 0.4) is 0 Å². The zero-order valence-electron chi connectivity index (χ0n) is 12.6. The number of hydrogen-bond donors (Lipinski definition) is 1. The number of likely N-dealkylation sites (tertiary alicyclic amines) is 1. The van der Waals surface area contributed by atoms with Gasteiger partial charge in [-0.1, -0.05) is 0 Å². The summed E-state index contributed by atoms with van der Waals surface area (Å²) in [7, 11) is 1.26. The minimum atomic E-state index is -1.27. The summed E-state index contributed by atoms with van der Waals surface area (Å²) in [5.41, 5.74) is -0.479. The second-order valence-corrected chi connectivity index (χ2v) is 6.09. The maximum Gasteiger partial charge on any atom is 0.308 e. The Labute approximate surface area is 131 Å². The number of ether oxygens (including phenoxy) is 1. The van der Waals surface area contributed by atoms with E-state index >= 15 is 0 Å². The van der Waals surface area contributed by atoms with Crippen LogP contribution in [0.4, 0.5) is 8.78 Å². The Balaban J connectivity index is 1.89. The van der Waals surface area contributed by atoms with Crippen molar-refractivity contribution in [1.29, 1.82) is 0 Å². The molecular formula is C16H17F2NO4. The highest BCUT2D eigenvalue weighted by Gasteiger charge is 2.47. The van der Waals surface area contributed by atoms with Gasteiger partial charge in [-0.15, -0.1) is 0 Å². The van der Waals surface area contributed by atoms with E-state index in [-0.39, 0.29) is 24.8 Å². The molecule has 1 aromatic carbocycles. The van der Waals surface area contributed by atoms with Crippen molar-refractivity contribution in [2.24, 2.45) is 17.8 Å². The molecule has 0 unspecified atom stereocenters. The molecule has 3 rings (SSSR count). The van der Waals surface area contributed by atoms with Gasteiger partial charge in [-0.3, -0.25) is 9.59 Å². The summed E-state index contributed by atoms with van der Waals surface area (Å²) in [6.07, 6.45) is 1.91. The molecule has 0 bridgehead atoms. The second kappa shape index (κ2) is 5.79. The van der Waals surface area contributed by atoms with Crippen LogP contribution in [0, 0.1) is 29.4 Å². The molecule has 1 aliphatic carbocycles. The van der Waals surface area contributed by atoms with E-state index in [1.807, 2.05) is 0 Å². The van der Waals surface area contributed by atoms with E-state index in [1.54, 1.807) is 0 Å². The first-order valence-corrected chi connectivity index (χ1v) is 7.48. The molecule has 0 aromatic heterocycles. The van der Waals surface area contributed by atoms with E-state index in [2.05, 4.69) is 0 Å². The van der Waals surface area contributed by atoms with Gasteiger partial charge in [0.05, 0.1) is 13.0 Å². The van der Waals surface area contributed by atoms with Gasteiger partial charge in [-0.2, -0.15) is 0 Å². The number of rotatable bonds is 4. The Morgan fingerprint density at radius 1 is 1.26 bits per heavy atom. The minimum absolute atomic E-state index is 0.00837. The summed E-state index contributed by atoms with van der Waals surface area (Å²) < 4.78 is 32.5. The molecule has 1 aromatic rings. The lowest BCUT2D eigenvalue weighted by molar-refractivity contribution is -0.142. The molecule has 1 saturated carbocycles. The van der Waals surface area contributed by atoms with Gasteiger partial charge in [-0.25, -0.2) is 8.78 Å². The van der Waals surface area contributed by atoms with Crippen LogP contribution < -0.4 is 4.74 Å². The van der Waals surface area contributed by atoms with E-state index < -0.39 is 35.0 Å². The maximum atomic E-state index is 14.1. The Morgan fingerprint density at radius 3 is 2.52 bits per heavy atom. The number of aliphatic carboxylic acids is 1. The summed E-state index contributed by atoms with van der Waals surface area (Å²) in [4.78, 5) is 25.3. The number of amides is 1. The number of benzene rings is 1. The van der Waals surface area contributed by atoms with E-state index in [9.17, 15) is 23.5 Å². The highest BCUT2D eigenvalue weighted by molar-refractivity contribution is 5.97. The molecule has 1 N–H and O–H groups in total. The predicted molar refractivity (Wildman–Crippen MR) is 76.2 cm³/mol. The summed E-state index contributed by atoms with van der Waals surface area (Å²) >= 11 is 0. The third-order valence-electron chi connectivity index (χ3n) is 4.69. The number of carboxylic acids is 1. The van der Waals surface area contributed by atoms with Crippen LogP contribution >= 0.6 is 0 Å². The van der Waals surface area contributed by atoms with Crippen molar-refractivity contribution in [2.45, 2.75) is 12.8 Å². The third-order valence-corrected chi connectivity index (χ3v) is 4.69. The van der Waals surface area contributed by atoms with Gasteiger partial charge in [0.2, 0.25) is 0 Å². The first-order valence-electron chi connectivity index (χ1n) is 7.48. The van der Waals surface area contributed by atoms with E-state index in [4.69, 9.17) is 4.74 Å². The smallest absolute Gasteiger partial charge is 0.308 e. The maximum absolute atomic E-state index is 14.1. The Bertz CT molecular complexity index is 660. The zero-order valence-corrected chi connectivity index (χ0v) is 12.6. The molecule has 23 heavy (non-hydrogen) atoms. The molecule has 0 radical (unpaired) electrons. The normalized spacial score (nSPS) is 23.9. The molecule has 7 heteroatoms. The van der Waals surface area contributed by atoms with Crippen LogP contribution in [-0.2, 0) is 4.79 Å². The van der Waals surface area contributed by atoms with Crippen LogP contribution in [0.15, 0.2) is 12.1 Å². The standard InChI is InChI=1S/C16H17F2NO4/c1-23-12-5-4-11(17)14(18)13(12)15(20)19-6-9(8-2-3-8)10(7-19)16(21)22/h4-5,8-10H,2-3,6-7H2,1H3,(H,21,22)/t9-,10+/m1/s1. The molecule has 2 atom stereocenters.